The SMILES string of the molecule is C=CCN(C(=O)c1ccc(CN)o1)C1CC1. The van der Waals surface area contributed by atoms with Crippen LogP contribution < -0.4 is 5.73 Å². The van der Waals surface area contributed by atoms with Crippen LogP contribution in [0, 0.1) is 0 Å². The first-order chi connectivity index (χ1) is 7.76. The summed E-state index contributed by atoms with van der Waals surface area (Å²) in [7, 11) is 0. The largest absolute Gasteiger partial charge is 0.455 e. The second-order valence-electron chi connectivity index (χ2n) is 3.95. The number of hydrogen-bond acceptors (Lipinski definition) is 3. The van der Waals surface area contributed by atoms with Gasteiger partial charge in [-0.25, -0.2) is 0 Å². The molecule has 0 radical (unpaired) electrons. The summed E-state index contributed by atoms with van der Waals surface area (Å²) in [5.41, 5.74) is 5.44. The fourth-order valence-electron chi connectivity index (χ4n) is 1.67. The average Bonchev–Trinajstić information content (AvgIpc) is 3.02. The molecule has 0 atom stereocenters. The Labute approximate surface area is 94.7 Å². The fourth-order valence-corrected chi connectivity index (χ4v) is 1.67. The summed E-state index contributed by atoms with van der Waals surface area (Å²) in [6.07, 6.45) is 3.89. The summed E-state index contributed by atoms with van der Waals surface area (Å²) < 4.78 is 5.35. The van der Waals surface area contributed by atoms with E-state index in [0.717, 1.165) is 12.8 Å². The van der Waals surface area contributed by atoms with Gasteiger partial charge in [0.2, 0.25) is 0 Å². The lowest BCUT2D eigenvalue weighted by atomic mass is 10.3. The topological polar surface area (TPSA) is 59.5 Å². The third kappa shape index (κ3) is 2.17. The van der Waals surface area contributed by atoms with E-state index in [0.29, 0.717) is 30.7 Å². The predicted molar refractivity (Wildman–Crippen MR) is 60.9 cm³/mol. The van der Waals surface area contributed by atoms with Crippen LogP contribution in [-0.4, -0.2) is 23.4 Å². The van der Waals surface area contributed by atoms with Gasteiger partial charge in [0.25, 0.3) is 5.91 Å². The molecule has 0 spiro atoms. The number of hydrogen-bond donors (Lipinski definition) is 1. The van der Waals surface area contributed by atoms with Crippen molar-refractivity contribution in [1.29, 1.82) is 0 Å². The van der Waals surface area contributed by atoms with E-state index in [1.807, 2.05) is 0 Å². The van der Waals surface area contributed by atoms with Gasteiger partial charge in [-0.05, 0) is 25.0 Å². The van der Waals surface area contributed by atoms with Crippen LogP contribution in [0.3, 0.4) is 0 Å². The molecule has 0 saturated heterocycles. The summed E-state index contributed by atoms with van der Waals surface area (Å²) >= 11 is 0. The molecule has 0 bridgehead atoms. The number of carbonyl (C=O) groups is 1. The van der Waals surface area contributed by atoms with Crippen LogP contribution >= 0.6 is 0 Å². The highest BCUT2D eigenvalue weighted by Gasteiger charge is 2.33. The molecule has 4 nitrogen and oxygen atoms in total. The number of nitrogens with two attached hydrogens (primary N) is 1. The molecule has 1 amide bonds. The molecule has 1 aliphatic rings. The van der Waals surface area contributed by atoms with Crippen LogP contribution in [0.4, 0.5) is 0 Å². The molecule has 4 heteroatoms. The minimum Gasteiger partial charge on any atom is -0.455 e. The Morgan fingerprint density at radius 1 is 1.62 bits per heavy atom. The monoisotopic (exact) mass is 220 g/mol. The standard InChI is InChI=1S/C12H16N2O2/c1-2-7-14(9-3-4-9)12(15)11-6-5-10(8-13)16-11/h2,5-6,9H,1,3-4,7-8,13H2. The van der Waals surface area contributed by atoms with E-state index < -0.39 is 0 Å². The first kappa shape index (κ1) is 11.0. The van der Waals surface area contributed by atoms with Crippen molar-refractivity contribution in [2.75, 3.05) is 6.54 Å². The van der Waals surface area contributed by atoms with Gasteiger partial charge < -0.3 is 15.1 Å². The second kappa shape index (κ2) is 4.53. The lowest BCUT2D eigenvalue weighted by molar-refractivity contribution is 0.0729. The van der Waals surface area contributed by atoms with Gasteiger partial charge >= 0.3 is 0 Å². The Morgan fingerprint density at radius 2 is 2.38 bits per heavy atom. The maximum Gasteiger partial charge on any atom is 0.290 e. The molecule has 1 heterocycles. The Kier molecular flexibility index (Phi) is 3.10. The van der Waals surface area contributed by atoms with Crippen molar-refractivity contribution < 1.29 is 9.21 Å². The minimum absolute atomic E-state index is 0.0675. The molecule has 16 heavy (non-hydrogen) atoms. The molecule has 1 aliphatic carbocycles. The molecule has 2 N–H and O–H groups in total. The van der Waals surface area contributed by atoms with Crippen molar-refractivity contribution in [3.8, 4) is 0 Å². The van der Waals surface area contributed by atoms with Crippen LogP contribution in [0.15, 0.2) is 29.2 Å². The van der Waals surface area contributed by atoms with E-state index in [-0.39, 0.29) is 5.91 Å². The molecule has 1 fully saturated rings. The second-order valence-corrected chi connectivity index (χ2v) is 3.95. The maximum absolute atomic E-state index is 12.1. The third-order valence-electron chi connectivity index (χ3n) is 2.65. The summed E-state index contributed by atoms with van der Waals surface area (Å²) in [6.45, 7) is 4.55. The number of carbonyl (C=O) groups excluding carboxylic acids is 1. The number of rotatable bonds is 5. The lowest BCUT2D eigenvalue weighted by Crippen LogP contribution is -2.32. The summed E-state index contributed by atoms with van der Waals surface area (Å²) in [6, 6.07) is 3.78. The van der Waals surface area contributed by atoms with Crippen LogP contribution in [-0.2, 0) is 6.54 Å². The van der Waals surface area contributed by atoms with Crippen molar-refractivity contribution in [2.24, 2.45) is 5.73 Å². The summed E-state index contributed by atoms with van der Waals surface area (Å²) in [5, 5.41) is 0. The first-order valence-corrected chi connectivity index (χ1v) is 5.47. The van der Waals surface area contributed by atoms with Crippen LogP contribution in [0.2, 0.25) is 0 Å². The molecule has 0 aliphatic heterocycles. The maximum atomic E-state index is 12.1. The van der Waals surface area contributed by atoms with E-state index in [4.69, 9.17) is 10.2 Å². The summed E-state index contributed by atoms with van der Waals surface area (Å²) in [5.74, 6) is 0.939. The fraction of sp³-hybridized carbons (Fsp3) is 0.417. The Bertz CT molecular complexity index is 393. The van der Waals surface area contributed by atoms with E-state index in [2.05, 4.69) is 6.58 Å². The number of furan rings is 1. The molecule has 0 unspecified atom stereocenters. The zero-order valence-electron chi connectivity index (χ0n) is 9.19. The molecular formula is C12H16N2O2. The Morgan fingerprint density at radius 3 is 2.88 bits per heavy atom. The highest BCUT2D eigenvalue weighted by Crippen LogP contribution is 2.28. The number of nitrogens with zero attached hydrogens (tertiary/aromatic N) is 1. The van der Waals surface area contributed by atoms with Crippen molar-refractivity contribution in [2.45, 2.75) is 25.4 Å². The smallest absolute Gasteiger partial charge is 0.290 e. The molecule has 86 valence electrons. The van der Waals surface area contributed by atoms with Crippen molar-refractivity contribution in [3.63, 3.8) is 0 Å². The Balaban J connectivity index is 2.11. The normalized spacial score (nSPS) is 14.8. The van der Waals surface area contributed by atoms with Gasteiger partial charge in [0.1, 0.15) is 5.76 Å². The van der Waals surface area contributed by atoms with Gasteiger partial charge in [-0.15, -0.1) is 6.58 Å². The van der Waals surface area contributed by atoms with E-state index in [1.165, 1.54) is 0 Å². The summed E-state index contributed by atoms with van der Waals surface area (Å²) in [4.78, 5) is 13.9. The molecule has 1 aromatic rings. The Hall–Kier alpha value is -1.55. The van der Waals surface area contributed by atoms with Gasteiger partial charge in [-0.1, -0.05) is 6.08 Å². The van der Waals surface area contributed by atoms with Crippen LogP contribution in [0.5, 0.6) is 0 Å². The molecular weight excluding hydrogens is 204 g/mol. The van der Waals surface area contributed by atoms with E-state index in [9.17, 15) is 4.79 Å². The highest BCUT2D eigenvalue weighted by atomic mass is 16.4. The minimum atomic E-state index is -0.0675. The lowest BCUT2D eigenvalue weighted by Gasteiger charge is -2.18. The molecule has 1 aromatic heterocycles. The third-order valence-corrected chi connectivity index (χ3v) is 2.65. The highest BCUT2D eigenvalue weighted by molar-refractivity contribution is 5.92. The van der Waals surface area contributed by atoms with Gasteiger partial charge in [0, 0.05) is 12.6 Å². The predicted octanol–water partition coefficient (Wildman–Crippen LogP) is 1.53. The van der Waals surface area contributed by atoms with Gasteiger partial charge in [-0.3, -0.25) is 4.79 Å². The van der Waals surface area contributed by atoms with Crippen molar-refractivity contribution in [1.82, 2.24) is 4.90 Å². The molecule has 0 aromatic carbocycles. The quantitative estimate of drug-likeness (QED) is 0.765. The number of amides is 1. The van der Waals surface area contributed by atoms with Crippen molar-refractivity contribution >= 4 is 5.91 Å². The molecule has 1 saturated carbocycles. The first-order valence-electron chi connectivity index (χ1n) is 5.47. The van der Waals surface area contributed by atoms with Gasteiger partial charge in [0.15, 0.2) is 5.76 Å². The average molecular weight is 220 g/mol. The van der Waals surface area contributed by atoms with Crippen LogP contribution in [0.1, 0.15) is 29.2 Å². The van der Waals surface area contributed by atoms with E-state index >= 15 is 0 Å². The van der Waals surface area contributed by atoms with E-state index in [1.54, 1.807) is 23.1 Å². The van der Waals surface area contributed by atoms with Crippen molar-refractivity contribution in [3.05, 3.63) is 36.3 Å². The molecule has 2 rings (SSSR count). The van der Waals surface area contributed by atoms with Crippen LogP contribution in [0.25, 0.3) is 0 Å². The van der Waals surface area contributed by atoms with Gasteiger partial charge in [0.05, 0.1) is 6.54 Å². The zero-order chi connectivity index (χ0) is 11.5. The zero-order valence-corrected chi connectivity index (χ0v) is 9.19. The van der Waals surface area contributed by atoms with Gasteiger partial charge in [-0.2, -0.15) is 0 Å².